The third-order valence-corrected chi connectivity index (χ3v) is 3.92. The van der Waals surface area contributed by atoms with Crippen LogP contribution in [-0.2, 0) is 13.5 Å². The zero-order valence-corrected chi connectivity index (χ0v) is 13.5. The molecule has 3 rings (SSSR count). The van der Waals surface area contributed by atoms with Crippen molar-refractivity contribution >= 4 is 10.9 Å². The van der Waals surface area contributed by atoms with E-state index in [-0.39, 0.29) is 11.4 Å². The van der Waals surface area contributed by atoms with Crippen LogP contribution in [0.5, 0.6) is 0 Å². The Morgan fingerprint density at radius 2 is 1.87 bits per heavy atom. The molecule has 0 saturated carbocycles. The van der Waals surface area contributed by atoms with E-state index in [9.17, 15) is 9.18 Å². The molecule has 0 unspecified atom stereocenters. The summed E-state index contributed by atoms with van der Waals surface area (Å²) >= 11 is 0. The summed E-state index contributed by atoms with van der Waals surface area (Å²) in [7, 11) is 1.76. The lowest BCUT2D eigenvalue weighted by atomic mass is 10.0. The molecule has 1 heterocycles. The lowest BCUT2D eigenvalue weighted by Gasteiger charge is -2.12. The zero-order valence-electron chi connectivity index (χ0n) is 13.5. The minimum absolute atomic E-state index is 0.0450. The highest BCUT2D eigenvalue weighted by Gasteiger charge is 2.11. The van der Waals surface area contributed by atoms with Gasteiger partial charge in [-0.15, -0.1) is 0 Å². The van der Waals surface area contributed by atoms with Crippen LogP contribution in [0.1, 0.15) is 19.7 Å². The van der Waals surface area contributed by atoms with Crippen LogP contribution in [0.15, 0.2) is 47.3 Å². The average Bonchev–Trinajstić information content (AvgIpc) is 2.51. The van der Waals surface area contributed by atoms with E-state index in [1.165, 1.54) is 12.1 Å². The van der Waals surface area contributed by atoms with Gasteiger partial charge in [0.05, 0.1) is 10.9 Å². The summed E-state index contributed by atoms with van der Waals surface area (Å²) in [6.07, 6.45) is 0.742. The highest BCUT2D eigenvalue weighted by molar-refractivity contribution is 5.83. The normalized spacial score (nSPS) is 11.3. The maximum atomic E-state index is 13.4. The van der Waals surface area contributed by atoms with Crippen molar-refractivity contribution < 1.29 is 4.39 Å². The minimum Gasteiger partial charge on any atom is -0.299 e. The maximum Gasteiger partial charge on any atom is 0.261 e. The van der Waals surface area contributed by atoms with Crippen LogP contribution >= 0.6 is 0 Å². The quantitative estimate of drug-likeness (QED) is 0.734. The third kappa shape index (κ3) is 3.02. The molecule has 118 valence electrons. The zero-order chi connectivity index (χ0) is 16.6. The Morgan fingerprint density at radius 1 is 1.13 bits per heavy atom. The van der Waals surface area contributed by atoms with Crippen molar-refractivity contribution in [1.82, 2.24) is 9.55 Å². The fourth-order valence-corrected chi connectivity index (χ4v) is 2.71. The van der Waals surface area contributed by atoms with E-state index in [1.807, 2.05) is 18.2 Å². The van der Waals surface area contributed by atoms with Crippen LogP contribution in [0.2, 0.25) is 0 Å². The Labute approximate surface area is 134 Å². The molecule has 0 N–H and O–H groups in total. The van der Waals surface area contributed by atoms with Crippen molar-refractivity contribution in [3.8, 4) is 11.1 Å². The Morgan fingerprint density at radius 3 is 2.57 bits per heavy atom. The fraction of sp³-hybridized carbons (Fsp3) is 0.263. The summed E-state index contributed by atoms with van der Waals surface area (Å²) in [6, 6.07) is 11.9. The van der Waals surface area contributed by atoms with Gasteiger partial charge in [0.25, 0.3) is 5.56 Å². The number of nitrogens with zero attached hydrogens (tertiary/aromatic N) is 2. The number of rotatable bonds is 3. The van der Waals surface area contributed by atoms with Crippen LogP contribution in [0.3, 0.4) is 0 Å². The molecule has 0 fully saturated rings. The number of hydrogen-bond donors (Lipinski definition) is 0. The molecule has 0 aliphatic carbocycles. The molecule has 0 saturated heterocycles. The summed E-state index contributed by atoms with van der Waals surface area (Å²) in [5, 5.41) is 0.583. The number of hydrogen-bond acceptors (Lipinski definition) is 2. The van der Waals surface area contributed by atoms with Crippen LogP contribution in [-0.4, -0.2) is 9.55 Å². The van der Waals surface area contributed by atoms with E-state index in [0.29, 0.717) is 16.8 Å². The van der Waals surface area contributed by atoms with Gasteiger partial charge in [0, 0.05) is 13.5 Å². The monoisotopic (exact) mass is 310 g/mol. The lowest BCUT2D eigenvalue weighted by molar-refractivity contribution is 0.590. The molecular formula is C19H19FN2O. The van der Waals surface area contributed by atoms with E-state index in [2.05, 4.69) is 18.8 Å². The Kier molecular flexibility index (Phi) is 3.99. The molecule has 3 nitrogen and oxygen atoms in total. The first kappa shape index (κ1) is 15.4. The second-order valence-electron chi connectivity index (χ2n) is 6.23. The van der Waals surface area contributed by atoms with E-state index >= 15 is 0 Å². The average molecular weight is 310 g/mol. The van der Waals surface area contributed by atoms with Crippen LogP contribution in [0.4, 0.5) is 4.39 Å². The Balaban J connectivity index is 2.19. The minimum atomic E-state index is -0.278. The highest BCUT2D eigenvalue weighted by Crippen LogP contribution is 2.23. The highest BCUT2D eigenvalue weighted by atomic mass is 19.1. The lowest BCUT2D eigenvalue weighted by Crippen LogP contribution is -2.23. The van der Waals surface area contributed by atoms with E-state index < -0.39 is 0 Å². The van der Waals surface area contributed by atoms with Gasteiger partial charge in [0.2, 0.25) is 0 Å². The van der Waals surface area contributed by atoms with Gasteiger partial charge in [-0.05, 0) is 41.3 Å². The van der Waals surface area contributed by atoms with Crippen LogP contribution in [0, 0.1) is 11.7 Å². The van der Waals surface area contributed by atoms with Crippen molar-refractivity contribution in [2.75, 3.05) is 0 Å². The standard InChI is InChI=1S/C19H19FN2O/c1-12(2)9-18-21-17-11-14(13-5-4-6-15(20)10-13)7-8-16(17)19(23)22(18)3/h4-8,10-12H,9H2,1-3H3. The predicted octanol–water partition coefficient (Wildman–Crippen LogP) is 3.94. The van der Waals surface area contributed by atoms with Gasteiger partial charge >= 0.3 is 0 Å². The fourth-order valence-electron chi connectivity index (χ4n) is 2.71. The number of halogens is 1. The second kappa shape index (κ2) is 5.95. The molecule has 3 aromatic rings. The van der Waals surface area contributed by atoms with Crippen molar-refractivity contribution in [3.05, 3.63) is 64.5 Å². The maximum absolute atomic E-state index is 13.4. The van der Waals surface area contributed by atoms with Gasteiger partial charge in [-0.2, -0.15) is 0 Å². The van der Waals surface area contributed by atoms with E-state index in [1.54, 1.807) is 23.7 Å². The topological polar surface area (TPSA) is 34.9 Å². The molecule has 4 heteroatoms. The van der Waals surface area contributed by atoms with Crippen molar-refractivity contribution in [2.24, 2.45) is 13.0 Å². The molecule has 0 radical (unpaired) electrons. The van der Waals surface area contributed by atoms with Gasteiger partial charge in [0.15, 0.2) is 0 Å². The summed E-state index contributed by atoms with van der Waals surface area (Å²) < 4.78 is 15.0. The number of aromatic nitrogens is 2. The molecule has 0 bridgehead atoms. The molecule has 0 aliphatic rings. The van der Waals surface area contributed by atoms with Gasteiger partial charge in [0.1, 0.15) is 11.6 Å². The Hall–Kier alpha value is -2.49. The smallest absolute Gasteiger partial charge is 0.261 e. The summed E-state index contributed by atoms with van der Waals surface area (Å²) in [6.45, 7) is 4.19. The van der Waals surface area contributed by atoms with Crippen LogP contribution in [0.25, 0.3) is 22.0 Å². The van der Waals surface area contributed by atoms with Crippen molar-refractivity contribution in [3.63, 3.8) is 0 Å². The van der Waals surface area contributed by atoms with Gasteiger partial charge < -0.3 is 0 Å². The number of benzene rings is 2. The Bertz CT molecular complexity index is 928. The van der Waals surface area contributed by atoms with Crippen molar-refractivity contribution in [1.29, 1.82) is 0 Å². The van der Waals surface area contributed by atoms with Gasteiger partial charge in [-0.25, -0.2) is 9.37 Å². The molecule has 0 amide bonds. The third-order valence-electron chi connectivity index (χ3n) is 3.92. The van der Waals surface area contributed by atoms with Crippen LogP contribution < -0.4 is 5.56 Å². The second-order valence-corrected chi connectivity index (χ2v) is 6.23. The van der Waals surface area contributed by atoms with E-state index in [0.717, 1.165) is 23.4 Å². The first-order chi connectivity index (χ1) is 11.0. The molecule has 0 aliphatic heterocycles. The largest absolute Gasteiger partial charge is 0.299 e. The van der Waals surface area contributed by atoms with Crippen molar-refractivity contribution in [2.45, 2.75) is 20.3 Å². The molecule has 2 aromatic carbocycles. The summed E-state index contributed by atoms with van der Waals surface area (Å²) in [4.78, 5) is 17.1. The first-order valence-electron chi connectivity index (χ1n) is 7.71. The summed E-state index contributed by atoms with van der Waals surface area (Å²) in [5.41, 5.74) is 2.25. The first-order valence-corrected chi connectivity index (χ1v) is 7.71. The molecule has 0 atom stereocenters. The molecule has 0 spiro atoms. The molecular weight excluding hydrogens is 291 g/mol. The van der Waals surface area contributed by atoms with Gasteiger partial charge in [-0.3, -0.25) is 9.36 Å². The SMILES string of the molecule is CC(C)Cc1nc2cc(-c3cccc(F)c3)ccc2c(=O)n1C. The molecule has 23 heavy (non-hydrogen) atoms. The number of fused-ring (bicyclic) bond motifs is 1. The predicted molar refractivity (Wildman–Crippen MR) is 90.9 cm³/mol. The summed E-state index contributed by atoms with van der Waals surface area (Å²) in [5.74, 6) is 0.908. The van der Waals surface area contributed by atoms with E-state index in [4.69, 9.17) is 0 Å². The van der Waals surface area contributed by atoms with Gasteiger partial charge in [-0.1, -0.05) is 32.0 Å². The molecule has 1 aromatic heterocycles.